The molecule has 4 amide bonds. The van der Waals surface area contributed by atoms with Crippen molar-refractivity contribution in [3.63, 3.8) is 0 Å². The van der Waals surface area contributed by atoms with Crippen molar-refractivity contribution in [3.8, 4) is 5.75 Å². The molecule has 3 atom stereocenters. The van der Waals surface area contributed by atoms with Crippen LogP contribution in [0.15, 0.2) is 51.7 Å². The molecule has 6 rings (SSSR count). The molecular weight excluding hydrogens is 655 g/mol. The minimum absolute atomic E-state index is 0.120. The van der Waals surface area contributed by atoms with Crippen LogP contribution < -0.4 is 26.8 Å². The molecule has 1 saturated carbocycles. The van der Waals surface area contributed by atoms with Crippen molar-refractivity contribution in [2.45, 2.75) is 35.5 Å². The Hall–Kier alpha value is -5.11. The molecule has 2 aliphatic heterocycles. The number of benzene rings is 1. The molecule has 3 aliphatic rings. The highest BCUT2D eigenvalue weighted by Crippen LogP contribution is 2.42. The van der Waals surface area contributed by atoms with E-state index in [0.29, 0.717) is 23.2 Å². The summed E-state index contributed by atoms with van der Waals surface area (Å²) in [6.07, 6.45) is 3.27. The number of fused-ring (bicyclic) bond motifs is 1. The average Bonchev–Trinajstić information content (AvgIpc) is 3.79. The van der Waals surface area contributed by atoms with Crippen LogP contribution in [0.2, 0.25) is 0 Å². The molecule has 1 aromatic carbocycles. The highest BCUT2D eigenvalue weighted by atomic mass is 32.2. The largest absolute Gasteiger partial charge is 0.508 e. The molecular formula is C27H29N11O7S2. The fraction of sp³-hybridized carbons (Fsp3) is 0.370. The van der Waals surface area contributed by atoms with Crippen LogP contribution >= 0.6 is 23.5 Å². The van der Waals surface area contributed by atoms with E-state index in [9.17, 15) is 34.2 Å². The molecule has 0 radical (unpaired) electrons. The Morgan fingerprint density at radius 1 is 1.23 bits per heavy atom. The maximum Gasteiger partial charge on any atom is 0.352 e. The maximum atomic E-state index is 14.0. The molecule has 1 aliphatic carbocycles. The Labute approximate surface area is 274 Å². The third kappa shape index (κ3) is 6.45. The minimum atomic E-state index is -1.57. The van der Waals surface area contributed by atoms with Crippen LogP contribution in [0, 0.1) is 5.92 Å². The van der Waals surface area contributed by atoms with Crippen molar-refractivity contribution in [2.24, 2.45) is 18.7 Å². The van der Waals surface area contributed by atoms with Crippen LogP contribution in [-0.2, 0) is 21.4 Å². The number of carboxylic acid groups (broad SMARTS) is 1. The molecule has 7 N–H and O–H groups in total. The predicted molar refractivity (Wildman–Crippen MR) is 168 cm³/mol. The number of urea groups is 1. The first-order chi connectivity index (χ1) is 22.5. The zero-order chi connectivity index (χ0) is 33.4. The zero-order valence-corrected chi connectivity index (χ0v) is 26.3. The Morgan fingerprint density at radius 3 is 2.60 bits per heavy atom. The number of carbonyl (C=O) groups excluding carboxylic acids is 3. The molecule has 0 bridgehead atoms. The van der Waals surface area contributed by atoms with Crippen LogP contribution in [0.5, 0.6) is 5.75 Å². The molecule has 1 saturated heterocycles. The van der Waals surface area contributed by atoms with Crippen LogP contribution in [-0.4, -0.2) is 98.6 Å². The molecule has 0 spiro atoms. The first kappa shape index (κ1) is 31.9. The van der Waals surface area contributed by atoms with Gasteiger partial charge in [0.2, 0.25) is 17.0 Å². The first-order valence-electron chi connectivity index (χ1n) is 14.3. The fourth-order valence-electron chi connectivity index (χ4n) is 5.19. The number of nitrogens with zero attached hydrogens (tertiary/aromatic N) is 7. The summed E-state index contributed by atoms with van der Waals surface area (Å²) in [7, 11) is 1.65. The highest BCUT2D eigenvalue weighted by Gasteiger charge is 2.55. The summed E-state index contributed by atoms with van der Waals surface area (Å²) < 4.78 is 1.44. The van der Waals surface area contributed by atoms with Gasteiger partial charge in [-0.2, -0.15) is 0 Å². The van der Waals surface area contributed by atoms with E-state index in [-0.39, 0.29) is 40.2 Å². The van der Waals surface area contributed by atoms with E-state index in [1.807, 2.05) is 0 Å². The van der Waals surface area contributed by atoms with Crippen molar-refractivity contribution in [1.82, 2.24) is 40.4 Å². The lowest BCUT2D eigenvalue weighted by atomic mass is 10.00. The smallest absolute Gasteiger partial charge is 0.352 e. The number of β-lactam (4-membered cyclic amide) rings is 1. The summed E-state index contributed by atoms with van der Waals surface area (Å²) in [5, 5.41) is 36.5. The third-order valence-electron chi connectivity index (χ3n) is 7.75. The topological polar surface area (TPSA) is 255 Å². The second kappa shape index (κ2) is 12.9. The number of anilines is 2. The van der Waals surface area contributed by atoms with Crippen molar-refractivity contribution >= 4 is 59.0 Å². The number of carboxylic acids is 1. The summed E-state index contributed by atoms with van der Waals surface area (Å²) in [6, 6.07) is 1.43. The molecule has 47 heavy (non-hydrogen) atoms. The Balaban J connectivity index is 1.25. The lowest BCUT2D eigenvalue weighted by Crippen LogP contribution is -2.71. The van der Waals surface area contributed by atoms with Gasteiger partial charge >= 0.3 is 12.0 Å². The summed E-state index contributed by atoms with van der Waals surface area (Å²) in [6.45, 7) is 0.615. The van der Waals surface area contributed by atoms with E-state index < -0.39 is 46.8 Å². The molecule has 246 valence electrons. The molecule has 3 aromatic rings. The number of hydrogen-bond donors (Lipinski definition) is 6. The maximum absolute atomic E-state index is 14.0. The van der Waals surface area contributed by atoms with Crippen molar-refractivity contribution in [1.29, 1.82) is 0 Å². The number of tetrazole rings is 1. The van der Waals surface area contributed by atoms with E-state index in [4.69, 9.17) is 5.73 Å². The molecule has 2 fully saturated rings. The first-order valence-corrected chi connectivity index (χ1v) is 16.3. The van der Waals surface area contributed by atoms with Gasteiger partial charge in [0.15, 0.2) is 0 Å². The number of aryl methyl sites for hydroxylation is 1. The fourth-order valence-corrected chi connectivity index (χ4v) is 7.53. The summed E-state index contributed by atoms with van der Waals surface area (Å²) in [4.78, 5) is 74.4. The number of primary amides is 1. The zero-order valence-electron chi connectivity index (χ0n) is 24.7. The highest BCUT2D eigenvalue weighted by molar-refractivity contribution is 8.01. The van der Waals surface area contributed by atoms with E-state index >= 15 is 0 Å². The van der Waals surface area contributed by atoms with Crippen LogP contribution in [0.4, 0.5) is 16.4 Å². The van der Waals surface area contributed by atoms with E-state index in [2.05, 4.69) is 36.1 Å². The molecule has 2 aromatic heterocycles. The van der Waals surface area contributed by atoms with E-state index in [1.165, 1.54) is 52.5 Å². The van der Waals surface area contributed by atoms with Crippen LogP contribution in [0.3, 0.4) is 0 Å². The molecule has 20 heteroatoms. The Bertz CT molecular complexity index is 1830. The second-order valence-corrected chi connectivity index (χ2v) is 13.0. The molecule has 18 nitrogen and oxygen atoms in total. The van der Waals surface area contributed by atoms with Gasteiger partial charge in [0, 0.05) is 25.1 Å². The van der Waals surface area contributed by atoms with Gasteiger partial charge in [-0.05, 0) is 52.5 Å². The number of aliphatic carboxylic acids is 1. The molecule has 2 unspecified atom stereocenters. The number of hydrogen-bond acceptors (Lipinski definition) is 13. The number of phenols is 1. The van der Waals surface area contributed by atoms with Gasteiger partial charge in [0.1, 0.15) is 34.6 Å². The standard InChI is InChI=1S/C27H29N11O7S2/c1-36-27(33-34-35-36)47-11-14-10-46-23-17(22(42)38(23)19(14)24(43)44)31-21(41)18(13-4-6-15(39)7-5-13)37(25(28)45)16-9-30-26(32-20(16)40)29-8-12-2-3-12/h4-7,9,12,17-18,23,39H,2-3,8,10-11H2,1H3,(H2,28,45)(H,31,41)(H,43,44)(H2,29,30,32,40)/t17?,18?,23-/m1/s1. The predicted octanol–water partition coefficient (Wildman–Crippen LogP) is -0.0218. The van der Waals surface area contributed by atoms with Gasteiger partial charge in [0.05, 0.1) is 6.20 Å². The average molecular weight is 684 g/mol. The Kier molecular flexibility index (Phi) is 8.78. The van der Waals surface area contributed by atoms with Gasteiger partial charge in [-0.25, -0.2) is 19.3 Å². The van der Waals surface area contributed by atoms with E-state index in [1.54, 1.807) is 7.05 Å². The number of aromatic nitrogens is 6. The number of amides is 4. The van der Waals surface area contributed by atoms with Gasteiger partial charge in [-0.3, -0.25) is 29.2 Å². The SMILES string of the molecule is Cn1nnnc1SCC1=C(C(=O)O)N2C(=O)C(NC(=O)C(c3ccc(O)cc3)N(C(N)=O)c3cnc(NCC4CC4)[nH]c3=O)[C@H]2SC1. The second-order valence-electron chi connectivity index (χ2n) is 11.0. The number of rotatable bonds is 12. The van der Waals surface area contributed by atoms with Crippen LogP contribution in [0.25, 0.3) is 0 Å². The van der Waals surface area contributed by atoms with Crippen molar-refractivity contribution in [3.05, 3.63) is 57.6 Å². The quantitative estimate of drug-likeness (QED) is 0.108. The van der Waals surface area contributed by atoms with Crippen molar-refractivity contribution in [2.75, 3.05) is 28.3 Å². The number of phenolic OH excluding ortho intramolecular Hbond substituents is 1. The number of H-pyrrole nitrogens is 1. The normalized spacial score (nSPS) is 19.4. The van der Waals surface area contributed by atoms with Gasteiger partial charge in [0.25, 0.3) is 11.5 Å². The van der Waals surface area contributed by atoms with Gasteiger partial charge < -0.3 is 26.6 Å². The summed E-state index contributed by atoms with van der Waals surface area (Å²) >= 11 is 2.48. The monoisotopic (exact) mass is 683 g/mol. The number of thioether (sulfide) groups is 2. The number of nitrogens with one attached hydrogen (secondary N) is 3. The minimum Gasteiger partial charge on any atom is -0.508 e. The van der Waals surface area contributed by atoms with Crippen molar-refractivity contribution < 1.29 is 29.4 Å². The van der Waals surface area contributed by atoms with Crippen LogP contribution in [0.1, 0.15) is 24.4 Å². The number of nitrogens with two attached hydrogens (primary N) is 1. The van der Waals surface area contributed by atoms with Gasteiger partial charge in [-0.1, -0.05) is 23.9 Å². The third-order valence-corrected chi connectivity index (χ3v) is 10.2. The number of carbonyl (C=O) groups is 4. The molecule has 4 heterocycles. The summed E-state index contributed by atoms with van der Waals surface area (Å²) in [5.74, 6) is -1.83. The number of aromatic hydroxyl groups is 1. The van der Waals surface area contributed by atoms with E-state index in [0.717, 1.165) is 28.8 Å². The number of aromatic amines is 1. The lowest BCUT2D eigenvalue weighted by molar-refractivity contribution is -0.150. The summed E-state index contributed by atoms with van der Waals surface area (Å²) in [5.41, 5.74) is 5.12. The Morgan fingerprint density at radius 2 is 1.98 bits per heavy atom. The lowest BCUT2D eigenvalue weighted by Gasteiger charge is -2.49. The van der Waals surface area contributed by atoms with Gasteiger partial charge in [-0.15, -0.1) is 16.9 Å².